The minimum atomic E-state index is -2.08. The van der Waals surface area contributed by atoms with Crippen LogP contribution in [0.5, 0.6) is 5.75 Å². The van der Waals surface area contributed by atoms with Gasteiger partial charge in [0.15, 0.2) is 17.3 Å². The van der Waals surface area contributed by atoms with E-state index >= 15 is 4.39 Å². The second-order valence-electron chi connectivity index (χ2n) is 12.3. The SMILES string of the molecule is [B]C([B])([B])NC(=O)c1nnc(NC(=O)C2CC2)cc1Nc1cc(F)cc(-c2cc(C(=O)N3CCC(c4ccccc4)CC3)n(C)n2)c1OC. The van der Waals surface area contributed by atoms with Gasteiger partial charge in [-0.1, -0.05) is 35.6 Å². The zero-order valence-electron chi connectivity index (χ0n) is 27.1. The molecule has 1 aliphatic carbocycles. The van der Waals surface area contributed by atoms with Crippen molar-refractivity contribution in [3.05, 3.63) is 77.4 Å². The lowest BCUT2D eigenvalue weighted by Crippen LogP contribution is -2.50. The molecular formula is C33H32B3FN8O4. The van der Waals surface area contributed by atoms with Crippen LogP contribution in [0, 0.1) is 11.7 Å². The Bertz CT molecular complexity index is 1890. The number of likely N-dealkylation sites (tertiary alicyclic amines) is 1. The van der Waals surface area contributed by atoms with Crippen molar-refractivity contribution in [1.29, 1.82) is 0 Å². The molecule has 2 aliphatic rings. The average Bonchev–Trinajstić information content (AvgIpc) is 3.85. The Labute approximate surface area is 286 Å². The molecule has 1 saturated heterocycles. The number of benzene rings is 2. The van der Waals surface area contributed by atoms with E-state index in [-0.39, 0.29) is 57.6 Å². The van der Waals surface area contributed by atoms with Crippen LogP contribution >= 0.6 is 0 Å². The zero-order valence-corrected chi connectivity index (χ0v) is 27.1. The summed E-state index contributed by atoms with van der Waals surface area (Å²) >= 11 is 0. The van der Waals surface area contributed by atoms with Crippen molar-refractivity contribution in [3.8, 4) is 17.0 Å². The number of carbonyl (C=O) groups is 3. The molecule has 3 heterocycles. The van der Waals surface area contributed by atoms with Crippen LogP contribution in [0.25, 0.3) is 11.3 Å². The summed E-state index contributed by atoms with van der Waals surface area (Å²) in [5, 5.41) is 18.2. The number of amides is 3. The molecule has 16 heteroatoms. The van der Waals surface area contributed by atoms with Crippen molar-refractivity contribution >= 4 is 58.5 Å². The van der Waals surface area contributed by atoms with Crippen molar-refractivity contribution < 1.29 is 23.5 Å². The predicted octanol–water partition coefficient (Wildman–Crippen LogP) is 2.98. The Morgan fingerprint density at radius 2 is 1.67 bits per heavy atom. The molecule has 0 bridgehead atoms. The van der Waals surface area contributed by atoms with Gasteiger partial charge in [0.1, 0.15) is 11.5 Å². The van der Waals surface area contributed by atoms with Gasteiger partial charge in [0, 0.05) is 43.8 Å². The fourth-order valence-electron chi connectivity index (χ4n) is 5.89. The molecule has 2 fully saturated rings. The van der Waals surface area contributed by atoms with Crippen LogP contribution in [0.3, 0.4) is 0 Å². The van der Waals surface area contributed by atoms with Crippen LogP contribution < -0.4 is 20.7 Å². The van der Waals surface area contributed by atoms with Crippen LogP contribution in [0.2, 0.25) is 0 Å². The van der Waals surface area contributed by atoms with Gasteiger partial charge in [-0.3, -0.25) is 19.1 Å². The first kappa shape index (κ1) is 33.8. The molecule has 2 aromatic carbocycles. The Hall–Kier alpha value is -5.14. The highest BCUT2D eigenvalue weighted by atomic mass is 19.1. The number of halogens is 1. The number of methoxy groups -OCH3 is 1. The molecular weight excluding hydrogens is 624 g/mol. The predicted molar refractivity (Wildman–Crippen MR) is 184 cm³/mol. The first-order valence-corrected chi connectivity index (χ1v) is 15.8. The first-order valence-electron chi connectivity index (χ1n) is 15.8. The fourth-order valence-corrected chi connectivity index (χ4v) is 5.89. The van der Waals surface area contributed by atoms with E-state index in [1.165, 1.54) is 29.5 Å². The van der Waals surface area contributed by atoms with E-state index in [0.717, 1.165) is 31.7 Å². The number of anilines is 3. The van der Waals surface area contributed by atoms with Gasteiger partial charge in [-0.15, -0.1) is 10.2 Å². The number of ether oxygens (including phenoxy) is 1. The smallest absolute Gasteiger partial charge is 0.272 e. The quantitative estimate of drug-likeness (QED) is 0.221. The zero-order chi connectivity index (χ0) is 34.9. The van der Waals surface area contributed by atoms with E-state index in [9.17, 15) is 14.4 Å². The molecule has 49 heavy (non-hydrogen) atoms. The molecule has 3 amide bonds. The summed E-state index contributed by atoms with van der Waals surface area (Å²) in [6.45, 7) is 1.18. The highest BCUT2D eigenvalue weighted by Gasteiger charge is 2.31. The fraction of sp³-hybridized carbons (Fsp3) is 0.333. The number of carbonyl (C=O) groups excluding carboxylic acids is 3. The second kappa shape index (κ2) is 13.8. The summed E-state index contributed by atoms with van der Waals surface area (Å²) in [7, 11) is 19.7. The molecule has 2 aromatic heterocycles. The maximum atomic E-state index is 15.3. The molecule has 6 radical (unpaired) electrons. The molecule has 244 valence electrons. The number of hydrogen-bond donors (Lipinski definition) is 3. The Morgan fingerprint density at radius 3 is 2.33 bits per heavy atom. The van der Waals surface area contributed by atoms with Crippen LogP contribution in [0.15, 0.2) is 54.6 Å². The second-order valence-corrected chi connectivity index (χ2v) is 12.3. The maximum Gasteiger partial charge on any atom is 0.272 e. The number of nitrogens with zero attached hydrogens (tertiary/aromatic N) is 5. The lowest BCUT2D eigenvalue weighted by molar-refractivity contribution is -0.117. The first-order chi connectivity index (χ1) is 23.4. The third-order valence-electron chi connectivity index (χ3n) is 8.49. The molecule has 4 aromatic rings. The minimum absolute atomic E-state index is 0.00786. The average molecular weight is 656 g/mol. The number of aryl methyl sites for hydroxylation is 1. The Balaban J connectivity index is 1.28. The molecule has 1 aliphatic heterocycles. The lowest BCUT2D eigenvalue weighted by atomic mass is 9.49. The third kappa shape index (κ3) is 7.79. The van der Waals surface area contributed by atoms with E-state index in [2.05, 4.69) is 43.4 Å². The van der Waals surface area contributed by atoms with Crippen molar-refractivity contribution in [2.24, 2.45) is 13.0 Å². The number of hydrogen-bond acceptors (Lipinski definition) is 8. The summed E-state index contributed by atoms with van der Waals surface area (Å²) in [5.74, 6) is -1.53. The maximum absolute atomic E-state index is 15.3. The van der Waals surface area contributed by atoms with Gasteiger partial charge in [0.05, 0.1) is 47.7 Å². The van der Waals surface area contributed by atoms with E-state index in [4.69, 9.17) is 28.3 Å². The Morgan fingerprint density at radius 1 is 0.959 bits per heavy atom. The summed E-state index contributed by atoms with van der Waals surface area (Å²) in [6, 6.07) is 15.6. The molecule has 0 unspecified atom stereocenters. The van der Waals surface area contributed by atoms with Gasteiger partial charge in [0.2, 0.25) is 5.91 Å². The van der Waals surface area contributed by atoms with Crippen LogP contribution in [-0.4, -0.2) is 91.6 Å². The number of piperidine rings is 1. The highest BCUT2D eigenvalue weighted by molar-refractivity contribution is 6.60. The molecule has 3 N–H and O–H groups in total. The van der Waals surface area contributed by atoms with Crippen molar-refractivity contribution in [2.75, 3.05) is 30.8 Å². The monoisotopic (exact) mass is 656 g/mol. The minimum Gasteiger partial charge on any atom is -0.494 e. The van der Waals surface area contributed by atoms with E-state index < -0.39 is 17.0 Å². The normalized spacial score (nSPS) is 15.0. The van der Waals surface area contributed by atoms with Gasteiger partial charge in [-0.25, -0.2) is 4.39 Å². The Kier molecular flexibility index (Phi) is 9.49. The molecule has 12 nitrogen and oxygen atoms in total. The third-order valence-corrected chi connectivity index (χ3v) is 8.49. The largest absolute Gasteiger partial charge is 0.494 e. The van der Waals surface area contributed by atoms with Crippen molar-refractivity contribution in [1.82, 2.24) is 30.2 Å². The van der Waals surface area contributed by atoms with Gasteiger partial charge in [-0.2, -0.15) is 5.10 Å². The molecule has 1 saturated carbocycles. The molecule has 0 atom stereocenters. The summed E-state index contributed by atoms with van der Waals surface area (Å²) in [5.41, 5.74) is 1.91. The van der Waals surface area contributed by atoms with Gasteiger partial charge >= 0.3 is 0 Å². The summed E-state index contributed by atoms with van der Waals surface area (Å²) in [4.78, 5) is 40.9. The van der Waals surface area contributed by atoms with Gasteiger partial charge in [0.25, 0.3) is 11.8 Å². The van der Waals surface area contributed by atoms with Crippen molar-refractivity contribution in [2.45, 2.75) is 36.8 Å². The van der Waals surface area contributed by atoms with E-state index in [1.807, 2.05) is 18.2 Å². The van der Waals surface area contributed by atoms with Crippen LogP contribution in [-0.2, 0) is 11.8 Å². The lowest BCUT2D eigenvalue weighted by Gasteiger charge is -2.32. The summed E-state index contributed by atoms with van der Waals surface area (Å²) in [6.07, 6.45) is 3.19. The summed E-state index contributed by atoms with van der Waals surface area (Å²) < 4.78 is 22.4. The van der Waals surface area contributed by atoms with Gasteiger partial charge in [-0.05, 0) is 49.3 Å². The standard InChI is InChI=1S/C33H32B3FN8O4/c1-44-26(32(48)45-12-10-19(11-13-45)18-6-4-3-5-7-18)16-23(43-44)22-14-21(37)15-25(29(22)49-2)38-24-17-27(39-30(46)20-8-9-20)41-42-28(24)31(47)40-33(34,35)36/h3-7,14-17,19-20H,8-13H2,1-2H3,(H,40,47)(H2,38,39,41,46). The molecule has 0 spiro atoms. The number of rotatable bonds is 10. The van der Waals surface area contributed by atoms with Crippen LogP contribution in [0.4, 0.5) is 21.6 Å². The van der Waals surface area contributed by atoms with Gasteiger partial charge < -0.3 is 25.6 Å². The molecule has 6 rings (SSSR count). The van der Waals surface area contributed by atoms with E-state index in [0.29, 0.717) is 24.7 Å². The highest BCUT2D eigenvalue weighted by Crippen LogP contribution is 2.40. The number of aromatic nitrogens is 4. The van der Waals surface area contributed by atoms with Crippen molar-refractivity contribution in [3.63, 3.8) is 0 Å². The van der Waals surface area contributed by atoms with E-state index in [1.54, 1.807) is 18.0 Å². The number of nitrogens with one attached hydrogen (secondary N) is 3. The van der Waals surface area contributed by atoms with Crippen LogP contribution in [0.1, 0.15) is 58.1 Å². The topological polar surface area (TPSA) is 143 Å².